The van der Waals surface area contributed by atoms with E-state index in [4.69, 9.17) is 22.3 Å². The van der Waals surface area contributed by atoms with E-state index in [2.05, 4.69) is 15.3 Å². The molecule has 0 aliphatic carbocycles. The number of aromatic nitrogens is 4. The third-order valence-corrected chi connectivity index (χ3v) is 7.34. The number of rotatable bonds is 4. The van der Waals surface area contributed by atoms with Gasteiger partial charge in [0.15, 0.2) is 17.3 Å². The number of nitrogens with zero attached hydrogens (tertiary/aromatic N) is 6. The van der Waals surface area contributed by atoms with Gasteiger partial charge in [0.25, 0.3) is 11.5 Å². The Labute approximate surface area is 230 Å². The summed E-state index contributed by atoms with van der Waals surface area (Å²) in [5.41, 5.74) is 6.70. The number of hydrogen-bond acceptors (Lipinski definition) is 8. The molecule has 0 bridgehead atoms. The maximum atomic E-state index is 13.9. The number of nitrogens with one attached hydrogen (secondary N) is 1. The molecule has 2 atom stereocenters. The number of fused-ring (bicyclic) bond motifs is 1. The zero-order chi connectivity index (χ0) is 28.8. The lowest BCUT2D eigenvalue weighted by atomic mass is 9.84. The molecule has 1 aliphatic rings. The second kappa shape index (κ2) is 10.3. The first-order valence-corrected chi connectivity index (χ1v) is 13.0. The largest absolute Gasteiger partial charge is 0.465 e. The number of carboxylic acid groups (broad SMARTS) is 1. The number of nitrogens with two attached hydrogens (primary N) is 1. The van der Waals surface area contributed by atoms with Gasteiger partial charge in [-0.15, -0.1) is 0 Å². The lowest BCUT2D eigenvalue weighted by Gasteiger charge is -2.47. The van der Waals surface area contributed by atoms with E-state index in [0.717, 1.165) is 0 Å². The highest BCUT2D eigenvalue weighted by Gasteiger charge is 2.39. The fraction of sp³-hybridized carbons (Fsp3) is 0.462. The lowest BCUT2D eigenvalue weighted by Crippen LogP contribution is -2.64. The minimum absolute atomic E-state index is 0.00347. The summed E-state index contributed by atoms with van der Waals surface area (Å²) in [6, 6.07) is 3.81. The number of carbonyl (C=O) groups is 2. The van der Waals surface area contributed by atoms with Gasteiger partial charge in [0, 0.05) is 6.54 Å². The highest BCUT2D eigenvalue weighted by molar-refractivity contribution is 6.35. The van der Waals surface area contributed by atoms with Gasteiger partial charge in [-0.1, -0.05) is 38.4 Å². The van der Waals surface area contributed by atoms with Crippen molar-refractivity contribution in [3.05, 3.63) is 56.5 Å². The molecule has 1 aliphatic heterocycles. The van der Waals surface area contributed by atoms with Crippen molar-refractivity contribution >= 4 is 40.3 Å². The number of amides is 2. The molecule has 1 saturated heterocycles. The highest BCUT2D eigenvalue weighted by atomic mass is 35.5. The smallest absolute Gasteiger partial charge is 0.407 e. The summed E-state index contributed by atoms with van der Waals surface area (Å²) in [4.78, 5) is 53.7. The first kappa shape index (κ1) is 28.1. The van der Waals surface area contributed by atoms with E-state index in [9.17, 15) is 19.5 Å². The van der Waals surface area contributed by atoms with Crippen molar-refractivity contribution in [2.45, 2.75) is 53.6 Å². The average molecular weight is 557 g/mol. The van der Waals surface area contributed by atoms with E-state index < -0.39 is 35.1 Å². The molecule has 0 radical (unpaired) electrons. The minimum atomic E-state index is -1.02. The standard InChI is InChI=1S/C26H33ClN8O4/c1-13-14(2)30-21(28)20(29-13)23(36)31-15(3)22-32-17-9-7-8-16(27)19(17)24(37)35(22)33-10-11-34(25(38)39)18(12-33)26(4,5)6/h7-9,15,18H,10-12H2,1-6H3,(H2,28,30)(H,31,36)(H,38,39)/t15?,18-/m1/s1. The van der Waals surface area contributed by atoms with Crippen LogP contribution in [0.4, 0.5) is 10.6 Å². The van der Waals surface area contributed by atoms with Gasteiger partial charge in [0.2, 0.25) is 0 Å². The Balaban J connectivity index is 1.81. The van der Waals surface area contributed by atoms with Crippen LogP contribution in [0.25, 0.3) is 10.9 Å². The molecule has 0 saturated carbocycles. The first-order valence-electron chi connectivity index (χ1n) is 12.6. The van der Waals surface area contributed by atoms with Crippen LogP contribution < -0.4 is 21.6 Å². The zero-order valence-electron chi connectivity index (χ0n) is 22.8. The molecular formula is C26H33ClN8O4. The van der Waals surface area contributed by atoms with Crippen molar-refractivity contribution in [2.75, 3.05) is 30.4 Å². The molecule has 12 nitrogen and oxygen atoms in total. The number of carbonyl (C=O) groups excluding carboxylic acids is 1. The molecule has 3 heterocycles. The Morgan fingerprint density at radius 3 is 2.46 bits per heavy atom. The number of nitrogen functional groups attached to an aromatic ring is 1. The van der Waals surface area contributed by atoms with Crippen LogP contribution in [0.15, 0.2) is 23.0 Å². The molecule has 3 aromatic rings. The number of halogens is 1. The third-order valence-electron chi connectivity index (χ3n) is 7.02. The Morgan fingerprint density at radius 2 is 1.82 bits per heavy atom. The van der Waals surface area contributed by atoms with Crippen LogP contribution in [-0.2, 0) is 0 Å². The first-order chi connectivity index (χ1) is 18.2. The van der Waals surface area contributed by atoms with Gasteiger partial charge in [-0.2, -0.15) is 0 Å². The predicted molar refractivity (Wildman–Crippen MR) is 149 cm³/mol. The molecule has 1 aromatic carbocycles. The summed E-state index contributed by atoms with van der Waals surface area (Å²) in [5.74, 6) is -0.308. The number of aryl methyl sites for hydroxylation is 2. The Kier molecular flexibility index (Phi) is 7.44. The monoisotopic (exact) mass is 556 g/mol. The SMILES string of the molecule is Cc1nc(N)c(C(=O)NC(C)c2nc3cccc(Cl)c3c(=O)n2N2CCN(C(=O)O)[C@@H](C(C)(C)C)C2)nc1C. The third kappa shape index (κ3) is 5.33. The predicted octanol–water partition coefficient (Wildman–Crippen LogP) is 2.88. The van der Waals surface area contributed by atoms with Crippen molar-refractivity contribution in [3.8, 4) is 0 Å². The molecule has 208 valence electrons. The zero-order valence-corrected chi connectivity index (χ0v) is 23.6. The molecule has 1 fully saturated rings. The Bertz CT molecular complexity index is 1520. The normalized spacial score (nSPS) is 16.8. The Hall–Kier alpha value is -3.93. The molecule has 1 unspecified atom stereocenters. The molecule has 2 aromatic heterocycles. The van der Waals surface area contributed by atoms with Gasteiger partial charge in [0.05, 0.1) is 52.5 Å². The summed E-state index contributed by atoms with van der Waals surface area (Å²) >= 11 is 6.42. The summed E-state index contributed by atoms with van der Waals surface area (Å²) < 4.78 is 1.41. The van der Waals surface area contributed by atoms with E-state index in [1.807, 2.05) is 20.8 Å². The summed E-state index contributed by atoms with van der Waals surface area (Å²) in [6.07, 6.45) is -1.02. The van der Waals surface area contributed by atoms with Crippen molar-refractivity contribution < 1.29 is 14.7 Å². The van der Waals surface area contributed by atoms with Gasteiger partial charge < -0.3 is 26.1 Å². The number of anilines is 1. The van der Waals surface area contributed by atoms with Crippen LogP contribution in [0, 0.1) is 19.3 Å². The van der Waals surface area contributed by atoms with E-state index in [1.54, 1.807) is 44.0 Å². The van der Waals surface area contributed by atoms with Crippen molar-refractivity contribution in [1.29, 1.82) is 0 Å². The fourth-order valence-corrected chi connectivity index (χ4v) is 5.04. The van der Waals surface area contributed by atoms with E-state index in [-0.39, 0.29) is 47.4 Å². The minimum Gasteiger partial charge on any atom is -0.465 e. The number of benzene rings is 1. The van der Waals surface area contributed by atoms with Gasteiger partial charge >= 0.3 is 6.09 Å². The van der Waals surface area contributed by atoms with Crippen LogP contribution in [0.5, 0.6) is 0 Å². The van der Waals surface area contributed by atoms with E-state index >= 15 is 0 Å². The molecule has 39 heavy (non-hydrogen) atoms. The van der Waals surface area contributed by atoms with Crippen molar-refractivity contribution in [1.82, 2.24) is 29.8 Å². The maximum absolute atomic E-state index is 13.9. The van der Waals surface area contributed by atoms with Crippen LogP contribution in [0.3, 0.4) is 0 Å². The quantitative estimate of drug-likeness (QED) is 0.439. The summed E-state index contributed by atoms with van der Waals surface area (Å²) in [7, 11) is 0. The molecule has 4 N–H and O–H groups in total. The highest BCUT2D eigenvalue weighted by Crippen LogP contribution is 2.28. The second-order valence-corrected chi connectivity index (χ2v) is 11.2. The molecule has 2 amide bonds. The molecular weight excluding hydrogens is 524 g/mol. The number of piperazine rings is 1. The maximum Gasteiger partial charge on any atom is 0.407 e. The van der Waals surface area contributed by atoms with Crippen LogP contribution in [-0.4, -0.2) is 67.3 Å². The average Bonchev–Trinajstić information content (AvgIpc) is 2.85. The van der Waals surface area contributed by atoms with Gasteiger partial charge in [-0.3, -0.25) is 9.59 Å². The van der Waals surface area contributed by atoms with Crippen molar-refractivity contribution in [2.24, 2.45) is 5.41 Å². The van der Waals surface area contributed by atoms with Gasteiger partial charge in [-0.05, 0) is 38.3 Å². The lowest BCUT2D eigenvalue weighted by molar-refractivity contribution is 0.0681. The summed E-state index contributed by atoms with van der Waals surface area (Å²) in [6.45, 7) is 11.7. The number of hydrogen-bond donors (Lipinski definition) is 3. The topological polar surface area (TPSA) is 160 Å². The fourth-order valence-electron chi connectivity index (χ4n) is 4.79. The summed E-state index contributed by atoms with van der Waals surface area (Å²) in [5, 5.41) is 14.9. The van der Waals surface area contributed by atoms with Gasteiger partial charge in [-0.25, -0.2) is 24.4 Å². The van der Waals surface area contributed by atoms with Crippen LogP contribution >= 0.6 is 11.6 Å². The Morgan fingerprint density at radius 1 is 1.15 bits per heavy atom. The van der Waals surface area contributed by atoms with E-state index in [0.29, 0.717) is 16.9 Å². The second-order valence-electron chi connectivity index (χ2n) is 10.8. The van der Waals surface area contributed by atoms with Crippen molar-refractivity contribution in [3.63, 3.8) is 0 Å². The molecule has 4 rings (SSSR count). The van der Waals surface area contributed by atoms with Crippen LogP contribution in [0.1, 0.15) is 61.4 Å². The molecule has 13 heteroatoms. The molecule has 0 spiro atoms. The van der Waals surface area contributed by atoms with Gasteiger partial charge in [0.1, 0.15) is 0 Å². The van der Waals surface area contributed by atoms with Crippen LogP contribution in [0.2, 0.25) is 5.02 Å². The van der Waals surface area contributed by atoms with E-state index in [1.165, 1.54) is 9.58 Å².